The van der Waals surface area contributed by atoms with E-state index >= 15 is 0 Å². The maximum Gasteiger partial charge on any atom is 0.308 e. The topological polar surface area (TPSA) is 66.8 Å². The Morgan fingerprint density at radius 3 is 2.42 bits per heavy atom. The minimum absolute atomic E-state index is 0.0793. The molecule has 0 aliphatic heterocycles. The molecule has 4 heteroatoms. The number of hydrogen-bond donors (Lipinski definition) is 2. The van der Waals surface area contributed by atoms with Gasteiger partial charge >= 0.3 is 5.97 Å². The molecule has 0 aromatic heterocycles. The highest BCUT2D eigenvalue weighted by molar-refractivity contribution is 5.69. The maximum atomic E-state index is 10.7. The molecule has 0 radical (unpaired) electrons. The van der Waals surface area contributed by atoms with Crippen LogP contribution in [0.1, 0.15) is 20.3 Å². The maximum absolute atomic E-state index is 10.7. The van der Waals surface area contributed by atoms with Crippen LogP contribution in [0.15, 0.2) is 0 Å². The van der Waals surface area contributed by atoms with Crippen molar-refractivity contribution in [3.05, 3.63) is 0 Å². The zero-order chi connectivity index (χ0) is 9.78. The molecule has 0 amide bonds. The average Bonchev–Trinajstić information content (AvgIpc) is 2.04. The van der Waals surface area contributed by atoms with E-state index in [1.54, 1.807) is 13.8 Å². The van der Waals surface area contributed by atoms with Crippen molar-refractivity contribution in [1.82, 2.24) is 0 Å². The molecule has 2 N–H and O–H groups in total. The van der Waals surface area contributed by atoms with E-state index in [-0.39, 0.29) is 13.0 Å². The smallest absolute Gasteiger partial charge is 0.308 e. The quantitative estimate of drug-likeness (QED) is 0.588. The first-order chi connectivity index (χ1) is 5.44. The molecule has 0 bridgehead atoms. The van der Waals surface area contributed by atoms with E-state index in [1.807, 2.05) is 0 Å². The van der Waals surface area contributed by atoms with E-state index in [2.05, 4.69) is 4.74 Å². The van der Waals surface area contributed by atoms with Gasteiger partial charge in [-0.1, -0.05) is 13.8 Å². The Balaban J connectivity index is 4.02. The molecule has 0 rings (SSSR count). The van der Waals surface area contributed by atoms with Crippen LogP contribution in [0, 0.1) is 5.41 Å². The zero-order valence-corrected chi connectivity index (χ0v) is 7.70. The Labute approximate surface area is 72.2 Å². The monoisotopic (exact) mass is 176 g/mol. The van der Waals surface area contributed by atoms with Gasteiger partial charge in [0.1, 0.15) is 0 Å². The summed E-state index contributed by atoms with van der Waals surface area (Å²) in [6, 6.07) is 0. The van der Waals surface area contributed by atoms with Gasteiger partial charge in [-0.2, -0.15) is 0 Å². The Hall–Kier alpha value is -0.610. The van der Waals surface area contributed by atoms with Gasteiger partial charge in [0.05, 0.1) is 26.2 Å². The number of methoxy groups -OCH3 is 1. The Morgan fingerprint density at radius 1 is 1.58 bits per heavy atom. The van der Waals surface area contributed by atoms with Gasteiger partial charge in [0.2, 0.25) is 0 Å². The molecule has 0 fully saturated rings. The van der Waals surface area contributed by atoms with Crippen molar-refractivity contribution in [2.45, 2.75) is 26.4 Å². The summed E-state index contributed by atoms with van der Waals surface area (Å²) >= 11 is 0. The van der Waals surface area contributed by atoms with Crippen molar-refractivity contribution >= 4 is 5.97 Å². The number of carbonyl (C=O) groups is 1. The second-order valence-corrected chi connectivity index (χ2v) is 3.44. The van der Waals surface area contributed by atoms with Crippen LogP contribution in [0.5, 0.6) is 0 Å². The summed E-state index contributed by atoms with van der Waals surface area (Å²) < 4.78 is 4.38. The predicted molar refractivity (Wildman–Crippen MR) is 43.5 cm³/mol. The summed E-state index contributed by atoms with van der Waals surface area (Å²) in [6.07, 6.45) is -0.945. The number of ether oxygens (including phenoxy) is 1. The number of esters is 1. The lowest BCUT2D eigenvalue weighted by Gasteiger charge is -2.27. The van der Waals surface area contributed by atoms with Crippen molar-refractivity contribution in [3.63, 3.8) is 0 Å². The highest BCUT2D eigenvalue weighted by Crippen LogP contribution is 2.21. The molecule has 0 saturated carbocycles. The second-order valence-electron chi connectivity index (χ2n) is 3.44. The number of hydrogen-bond acceptors (Lipinski definition) is 4. The molecule has 0 saturated heterocycles. The van der Waals surface area contributed by atoms with Crippen molar-refractivity contribution < 1.29 is 19.7 Å². The molecule has 72 valence electrons. The summed E-state index contributed by atoms with van der Waals surface area (Å²) in [5.74, 6) is -0.468. The Bertz CT molecular complexity index is 153. The predicted octanol–water partition coefficient (Wildman–Crippen LogP) is -0.0711. The van der Waals surface area contributed by atoms with E-state index in [0.717, 1.165) is 0 Å². The number of aliphatic hydroxyl groups excluding tert-OH is 2. The SMILES string of the molecule is COC(=O)CC(O)C(C)(C)CO. The Kier molecular flexibility index (Phi) is 4.20. The van der Waals surface area contributed by atoms with Gasteiger partial charge in [0.25, 0.3) is 0 Å². The van der Waals surface area contributed by atoms with Crippen LogP contribution in [0.2, 0.25) is 0 Å². The summed E-state index contributed by atoms with van der Waals surface area (Å²) in [5.41, 5.74) is -0.659. The second kappa shape index (κ2) is 4.42. The first-order valence-corrected chi connectivity index (χ1v) is 3.79. The van der Waals surface area contributed by atoms with Crippen LogP contribution >= 0.6 is 0 Å². The van der Waals surface area contributed by atoms with Crippen molar-refractivity contribution in [3.8, 4) is 0 Å². The van der Waals surface area contributed by atoms with Crippen LogP contribution < -0.4 is 0 Å². The van der Waals surface area contributed by atoms with E-state index < -0.39 is 17.5 Å². The lowest BCUT2D eigenvalue weighted by atomic mass is 9.86. The minimum Gasteiger partial charge on any atom is -0.469 e. The normalized spacial score (nSPS) is 14.1. The molecule has 1 atom stereocenters. The molecule has 0 spiro atoms. The van der Waals surface area contributed by atoms with Gasteiger partial charge in [0, 0.05) is 5.41 Å². The van der Waals surface area contributed by atoms with Crippen LogP contribution in [-0.4, -0.2) is 36.0 Å². The van der Waals surface area contributed by atoms with Crippen molar-refractivity contribution in [2.75, 3.05) is 13.7 Å². The summed E-state index contributed by atoms with van der Waals surface area (Å²) in [7, 11) is 1.26. The molecule has 12 heavy (non-hydrogen) atoms. The molecule has 4 nitrogen and oxygen atoms in total. The van der Waals surface area contributed by atoms with Gasteiger partial charge < -0.3 is 14.9 Å². The number of carbonyl (C=O) groups excluding carboxylic acids is 1. The van der Waals surface area contributed by atoms with Gasteiger partial charge in [-0.3, -0.25) is 4.79 Å². The molecule has 1 unspecified atom stereocenters. The summed E-state index contributed by atoms with van der Waals surface area (Å²) in [4.78, 5) is 10.7. The van der Waals surface area contributed by atoms with Gasteiger partial charge in [-0.05, 0) is 0 Å². The highest BCUT2D eigenvalue weighted by atomic mass is 16.5. The van der Waals surface area contributed by atoms with Crippen molar-refractivity contribution in [2.24, 2.45) is 5.41 Å². The first-order valence-electron chi connectivity index (χ1n) is 3.79. The lowest BCUT2D eigenvalue weighted by Crippen LogP contribution is -2.34. The van der Waals surface area contributed by atoms with E-state index in [4.69, 9.17) is 5.11 Å². The van der Waals surface area contributed by atoms with Crippen LogP contribution in [-0.2, 0) is 9.53 Å². The van der Waals surface area contributed by atoms with Gasteiger partial charge in [-0.15, -0.1) is 0 Å². The third-order valence-electron chi connectivity index (χ3n) is 1.90. The summed E-state index contributed by atoms with van der Waals surface area (Å²) in [5, 5.41) is 18.3. The van der Waals surface area contributed by atoms with Crippen molar-refractivity contribution in [1.29, 1.82) is 0 Å². The number of aliphatic hydroxyl groups is 2. The number of rotatable bonds is 4. The largest absolute Gasteiger partial charge is 0.469 e. The standard InChI is InChI=1S/C8H16O4/c1-8(2,5-9)6(10)4-7(11)12-3/h6,9-10H,4-5H2,1-3H3. The third kappa shape index (κ3) is 3.19. The van der Waals surface area contributed by atoms with E-state index in [1.165, 1.54) is 7.11 Å². The van der Waals surface area contributed by atoms with Crippen LogP contribution in [0.25, 0.3) is 0 Å². The van der Waals surface area contributed by atoms with E-state index in [9.17, 15) is 9.90 Å². The molecule has 0 heterocycles. The average molecular weight is 176 g/mol. The molecule has 0 aliphatic rings. The molecule has 0 aliphatic carbocycles. The van der Waals surface area contributed by atoms with E-state index in [0.29, 0.717) is 0 Å². The highest BCUT2D eigenvalue weighted by Gasteiger charge is 2.29. The van der Waals surface area contributed by atoms with Crippen LogP contribution in [0.4, 0.5) is 0 Å². The Morgan fingerprint density at radius 2 is 2.08 bits per heavy atom. The fourth-order valence-electron chi connectivity index (χ4n) is 0.623. The fourth-order valence-corrected chi connectivity index (χ4v) is 0.623. The lowest BCUT2D eigenvalue weighted by molar-refractivity contribution is -0.145. The van der Waals surface area contributed by atoms with Gasteiger partial charge in [0.15, 0.2) is 0 Å². The third-order valence-corrected chi connectivity index (χ3v) is 1.90. The molecular weight excluding hydrogens is 160 g/mol. The summed E-state index contributed by atoms with van der Waals surface area (Å²) in [6.45, 7) is 3.20. The molecule has 0 aromatic carbocycles. The molecular formula is C8H16O4. The first kappa shape index (κ1) is 11.4. The minimum atomic E-state index is -0.866. The molecule has 0 aromatic rings. The fraction of sp³-hybridized carbons (Fsp3) is 0.875. The zero-order valence-electron chi connectivity index (χ0n) is 7.70. The van der Waals surface area contributed by atoms with Crippen LogP contribution in [0.3, 0.4) is 0 Å². The van der Waals surface area contributed by atoms with Gasteiger partial charge in [-0.25, -0.2) is 0 Å².